The molecule has 0 N–H and O–H groups in total. The molecule has 1 spiro atoms. The number of thioether (sulfide) groups is 1. The highest BCUT2D eigenvalue weighted by Gasteiger charge is 2.71. The van der Waals surface area contributed by atoms with Crippen LogP contribution in [0.2, 0.25) is 0 Å². The van der Waals surface area contributed by atoms with E-state index in [4.69, 9.17) is 4.74 Å². The van der Waals surface area contributed by atoms with Gasteiger partial charge in [0, 0.05) is 11.2 Å². The zero-order chi connectivity index (χ0) is 9.22. The van der Waals surface area contributed by atoms with Crippen molar-refractivity contribution in [1.29, 1.82) is 0 Å². The molecule has 0 aromatic heterocycles. The van der Waals surface area contributed by atoms with Crippen molar-refractivity contribution in [3.8, 4) is 0 Å². The molecule has 3 fully saturated rings. The van der Waals surface area contributed by atoms with Gasteiger partial charge >= 0.3 is 0 Å². The van der Waals surface area contributed by atoms with Crippen molar-refractivity contribution in [2.75, 3.05) is 0 Å². The molecule has 1 nitrogen and oxygen atoms in total. The summed E-state index contributed by atoms with van der Waals surface area (Å²) in [5.41, 5.74) is 0. The van der Waals surface area contributed by atoms with Gasteiger partial charge in [0.1, 0.15) is 0 Å². The van der Waals surface area contributed by atoms with Crippen LogP contribution in [0.15, 0.2) is 0 Å². The van der Waals surface area contributed by atoms with Crippen molar-refractivity contribution < 1.29 is 4.74 Å². The molecule has 0 saturated carbocycles. The van der Waals surface area contributed by atoms with Gasteiger partial charge in [0.2, 0.25) is 0 Å². The molecule has 5 unspecified atom stereocenters. The van der Waals surface area contributed by atoms with Gasteiger partial charge in [-0.3, -0.25) is 0 Å². The number of hydrogen-bond acceptors (Lipinski definition) is 2. The summed E-state index contributed by atoms with van der Waals surface area (Å²) in [5.74, 6) is 1.64. The molecule has 2 heteroatoms. The van der Waals surface area contributed by atoms with Crippen LogP contribution in [-0.4, -0.2) is 22.2 Å². The first-order chi connectivity index (χ1) is 6.16. The summed E-state index contributed by atoms with van der Waals surface area (Å²) >= 11 is 2.18. The average molecular weight is 198 g/mol. The Morgan fingerprint density at radius 2 is 2.08 bits per heavy atom. The maximum absolute atomic E-state index is 6.07. The zero-order valence-electron chi connectivity index (χ0n) is 8.62. The Balaban J connectivity index is 1.93. The molecule has 2 bridgehead atoms. The molecule has 0 radical (unpaired) electrons. The number of fused-ring (bicyclic) bond motifs is 3. The first kappa shape index (κ1) is 8.60. The van der Waals surface area contributed by atoms with Crippen molar-refractivity contribution in [3.63, 3.8) is 0 Å². The van der Waals surface area contributed by atoms with Gasteiger partial charge < -0.3 is 4.74 Å². The predicted molar refractivity (Wildman–Crippen MR) is 56.0 cm³/mol. The van der Waals surface area contributed by atoms with Crippen LogP contribution in [0, 0.1) is 11.8 Å². The van der Waals surface area contributed by atoms with Crippen LogP contribution in [0.4, 0.5) is 0 Å². The number of hydrogen-bond donors (Lipinski definition) is 0. The monoisotopic (exact) mass is 198 g/mol. The van der Waals surface area contributed by atoms with Gasteiger partial charge in [-0.2, -0.15) is 0 Å². The predicted octanol–water partition coefficient (Wildman–Crippen LogP) is 2.69. The van der Waals surface area contributed by atoms with Crippen LogP contribution < -0.4 is 0 Å². The molecule has 0 aromatic rings. The van der Waals surface area contributed by atoms with Gasteiger partial charge in [-0.15, -0.1) is 11.8 Å². The van der Waals surface area contributed by atoms with Crippen LogP contribution >= 0.6 is 11.8 Å². The Kier molecular flexibility index (Phi) is 1.63. The van der Waals surface area contributed by atoms with E-state index < -0.39 is 0 Å². The Labute approximate surface area is 84.6 Å². The fourth-order valence-electron chi connectivity index (χ4n) is 3.67. The SMILES string of the molecule is CC(C)C1C2CCC(O2)C12SC2C. The second-order valence-electron chi connectivity index (χ2n) is 5.12. The Hall–Kier alpha value is 0.310. The quantitative estimate of drug-likeness (QED) is 0.599. The second-order valence-corrected chi connectivity index (χ2v) is 6.77. The van der Waals surface area contributed by atoms with E-state index in [9.17, 15) is 0 Å². The molecule has 13 heavy (non-hydrogen) atoms. The summed E-state index contributed by atoms with van der Waals surface area (Å²) in [4.78, 5) is 0. The molecule has 3 aliphatic rings. The first-order valence-corrected chi connectivity index (χ1v) is 6.37. The Bertz CT molecular complexity index is 240. The molecule has 0 amide bonds. The van der Waals surface area contributed by atoms with E-state index in [1.54, 1.807) is 0 Å². The summed E-state index contributed by atoms with van der Waals surface area (Å²) < 4.78 is 6.63. The summed E-state index contributed by atoms with van der Waals surface area (Å²) in [7, 11) is 0. The van der Waals surface area contributed by atoms with Gasteiger partial charge in [0.15, 0.2) is 0 Å². The lowest BCUT2D eigenvalue weighted by molar-refractivity contribution is 0.0844. The zero-order valence-corrected chi connectivity index (χ0v) is 9.43. The topological polar surface area (TPSA) is 9.23 Å². The third-order valence-corrected chi connectivity index (χ3v) is 5.94. The molecular weight excluding hydrogens is 180 g/mol. The second kappa shape index (κ2) is 2.46. The van der Waals surface area contributed by atoms with Crippen molar-refractivity contribution >= 4 is 11.8 Å². The normalized spacial score (nSPS) is 58.2. The third kappa shape index (κ3) is 0.892. The number of ether oxygens (including phenoxy) is 1. The van der Waals surface area contributed by atoms with Gasteiger partial charge in [-0.1, -0.05) is 20.8 Å². The van der Waals surface area contributed by atoms with Crippen LogP contribution in [0.5, 0.6) is 0 Å². The van der Waals surface area contributed by atoms with Crippen LogP contribution in [0.25, 0.3) is 0 Å². The van der Waals surface area contributed by atoms with E-state index in [1.807, 2.05) is 0 Å². The van der Waals surface area contributed by atoms with Crippen molar-refractivity contribution in [3.05, 3.63) is 0 Å². The Morgan fingerprint density at radius 3 is 2.54 bits per heavy atom. The van der Waals surface area contributed by atoms with Crippen LogP contribution in [-0.2, 0) is 4.74 Å². The smallest absolute Gasteiger partial charge is 0.0741 e. The molecule has 3 rings (SSSR count). The maximum atomic E-state index is 6.07. The highest BCUT2D eigenvalue weighted by molar-refractivity contribution is 8.08. The van der Waals surface area contributed by atoms with E-state index in [-0.39, 0.29) is 0 Å². The van der Waals surface area contributed by atoms with Gasteiger partial charge in [0.25, 0.3) is 0 Å². The van der Waals surface area contributed by atoms with E-state index >= 15 is 0 Å². The summed E-state index contributed by atoms with van der Waals surface area (Å²) in [6, 6.07) is 0. The van der Waals surface area contributed by atoms with Crippen molar-refractivity contribution in [1.82, 2.24) is 0 Å². The van der Waals surface area contributed by atoms with Gasteiger partial charge in [-0.05, 0) is 18.8 Å². The maximum Gasteiger partial charge on any atom is 0.0741 e. The molecule has 3 aliphatic heterocycles. The fraction of sp³-hybridized carbons (Fsp3) is 1.00. The largest absolute Gasteiger partial charge is 0.373 e. The molecular formula is C11H18OS. The van der Waals surface area contributed by atoms with Gasteiger partial charge in [-0.25, -0.2) is 0 Å². The lowest BCUT2D eigenvalue weighted by Gasteiger charge is -2.30. The minimum atomic E-state index is 0.553. The standard InChI is InChI=1S/C11H18OS/c1-6(2)10-8-4-5-9(12-8)11(10)7(3)13-11/h6-10H,4-5H2,1-3H3. The molecule has 0 aliphatic carbocycles. The lowest BCUT2D eigenvalue weighted by atomic mass is 9.72. The average Bonchev–Trinajstić information content (AvgIpc) is 2.51. The molecule has 3 heterocycles. The minimum absolute atomic E-state index is 0.553. The highest BCUT2D eigenvalue weighted by Crippen LogP contribution is 2.70. The van der Waals surface area contributed by atoms with E-state index in [0.717, 1.165) is 17.1 Å². The van der Waals surface area contributed by atoms with Crippen molar-refractivity contribution in [2.45, 2.75) is 55.8 Å². The third-order valence-electron chi connectivity index (χ3n) is 4.15. The summed E-state index contributed by atoms with van der Waals surface area (Å²) in [5, 5.41) is 0.857. The molecule has 0 aromatic carbocycles. The van der Waals surface area contributed by atoms with Crippen LogP contribution in [0.3, 0.4) is 0 Å². The van der Waals surface area contributed by atoms with E-state index in [0.29, 0.717) is 17.0 Å². The fourth-order valence-corrected chi connectivity index (χ4v) is 5.43. The van der Waals surface area contributed by atoms with Crippen LogP contribution in [0.1, 0.15) is 33.6 Å². The van der Waals surface area contributed by atoms with Gasteiger partial charge in [0.05, 0.1) is 17.0 Å². The number of rotatable bonds is 1. The van der Waals surface area contributed by atoms with E-state index in [1.165, 1.54) is 12.8 Å². The molecule has 74 valence electrons. The lowest BCUT2D eigenvalue weighted by Crippen LogP contribution is -2.39. The van der Waals surface area contributed by atoms with E-state index in [2.05, 4.69) is 32.5 Å². The molecule has 3 saturated heterocycles. The Morgan fingerprint density at radius 1 is 1.38 bits per heavy atom. The summed E-state index contributed by atoms with van der Waals surface area (Å²) in [6.07, 6.45) is 3.85. The summed E-state index contributed by atoms with van der Waals surface area (Å²) in [6.45, 7) is 7.11. The highest BCUT2D eigenvalue weighted by atomic mass is 32.2. The van der Waals surface area contributed by atoms with Crippen molar-refractivity contribution in [2.24, 2.45) is 11.8 Å². The minimum Gasteiger partial charge on any atom is -0.373 e. The first-order valence-electron chi connectivity index (χ1n) is 5.49. The molecule has 5 atom stereocenters.